The van der Waals surface area contributed by atoms with Gasteiger partial charge in [-0.3, -0.25) is 4.79 Å². The molecule has 0 saturated heterocycles. The van der Waals surface area contributed by atoms with E-state index in [4.69, 9.17) is 23.2 Å². The number of esters is 1. The van der Waals surface area contributed by atoms with E-state index in [0.717, 1.165) is 6.07 Å². The first-order valence-electron chi connectivity index (χ1n) is 7.04. The van der Waals surface area contributed by atoms with Gasteiger partial charge in [0.25, 0.3) is 0 Å². The lowest BCUT2D eigenvalue weighted by Crippen LogP contribution is -2.69. The van der Waals surface area contributed by atoms with Crippen LogP contribution in [-0.2, 0) is 20.5 Å². The first-order valence-corrected chi connectivity index (χ1v) is 7.95. The zero-order valence-corrected chi connectivity index (χ0v) is 14.9. The van der Waals surface area contributed by atoms with Crippen molar-refractivity contribution in [2.45, 2.75) is 24.9 Å². The molecular weight excluding hydrogens is 429 g/mol. The number of halogens is 8. The lowest BCUT2D eigenvalue weighted by molar-refractivity contribution is -0.207. The predicted octanol–water partition coefficient (Wildman–Crippen LogP) is 3.95. The molecule has 0 aliphatic heterocycles. The molecule has 0 aliphatic carbocycles. The fraction of sp³-hybridized carbons (Fsp3) is 0.429. The second-order valence-electron chi connectivity index (χ2n) is 4.96. The Morgan fingerprint density at radius 1 is 1.15 bits per heavy atom. The van der Waals surface area contributed by atoms with E-state index in [-0.39, 0.29) is 0 Å². The van der Waals surface area contributed by atoms with Crippen molar-refractivity contribution in [1.29, 1.82) is 0 Å². The molecule has 0 unspecified atom stereocenters. The van der Waals surface area contributed by atoms with Gasteiger partial charge in [0.15, 0.2) is 0 Å². The molecule has 0 radical (unpaired) electrons. The number of benzene rings is 1. The second-order valence-corrected chi connectivity index (χ2v) is 5.67. The summed E-state index contributed by atoms with van der Waals surface area (Å²) in [5, 5.41) is 2.27. The van der Waals surface area contributed by atoms with Gasteiger partial charge in [-0.25, -0.2) is 4.79 Å². The molecule has 0 aliphatic rings. The normalized spacial score (nSPS) is 14.3. The number of alkyl halides is 7. The minimum Gasteiger partial charge on any atom is -0.463 e. The number of hydrogen-bond acceptors (Lipinski definition) is 4. The summed E-state index contributed by atoms with van der Waals surface area (Å²) in [7, 11) is 0. The van der Waals surface area contributed by atoms with Gasteiger partial charge in [0.2, 0.25) is 5.91 Å². The summed E-state index contributed by atoms with van der Waals surface area (Å²) < 4.78 is 85.0. The van der Waals surface area contributed by atoms with Gasteiger partial charge in [0.05, 0.1) is 12.2 Å². The van der Waals surface area contributed by atoms with Crippen LogP contribution in [0.25, 0.3) is 0 Å². The third-order valence-electron chi connectivity index (χ3n) is 3.06. The van der Waals surface area contributed by atoms with Crippen LogP contribution < -0.4 is 10.6 Å². The molecule has 0 heterocycles. The van der Waals surface area contributed by atoms with Gasteiger partial charge in [0.1, 0.15) is 5.88 Å². The summed E-state index contributed by atoms with van der Waals surface area (Å²) in [5.41, 5.74) is -6.76. The molecule has 0 spiro atoms. The molecule has 2 N–H and O–H groups in total. The SMILES string of the molecule is CCOC(=O)[C@](NC(=O)CCl)(Nc1ccc(Cl)cc1C(F)(F)F)C(F)(F)F. The average Bonchev–Trinajstić information content (AvgIpc) is 2.53. The van der Waals surface area contributed by atoms with Crippen LogP contribution in [0, 0.1) is 0 Å². The van der Waals surface area contributed by atoms with Crippen molar-refractivity contribution >= 4 is 40.8 Å². The monoisotopic (exact) mass is 440 g/mol. The molecule has 0 fully saturated rings. The van der Waals surface area contributed by atoms with Crippen LogP contribution in [0.5, 0.6) is 0 Å². The molecule has 1 atom stereocenters. The standard InChI is InChI=1S/C14H12Cl2F6N2O3/c1-2-27-11(26)12(14(20,21)22,24-10(25)6-15)23-9-4-3-7(16)5-8(9)13(17,18)19/h3-5,23H,2,6H2,1H3,(H,24,25)/t12-/m1/s1. The topological polar surface area (TPSA) is 67.4 Å². The third-order valence-corrected chi connectivity index (χ3v) is 3.54. The van der Waals surface area contributed by atoms with Gasteiger partial charge in [-0.05, 0) is 25.1 Å². The van der Waals surface area contributed by atoms with Crippen molar-refractivity contribution in [3.05, 3.63) is 28.8 Å². The number of carbonyl (C=O) groups excluding carboxylic acids is 2. The van der Waals surface area contributed by atoms with Crippen LogP contribution >= 0.6 is 23.2 Å². The molecule has 0 aromatic heterocycles. The third kappa shape index (κ3) is 5.32. The quantitative estimate of drug-likeness (QED) is 0.304. The number of amides is 1. The Kier molecular flexibility index (Phi) is 7.23. The summed E-state index contributed by atoms with van der Waals surface area (Å²) in [6.45, 7) is 0.633. The maximum Gasteiger partial charge on any atom is 0.441 e. The molecule has 0 saturated carbocycles. The Hall–Kier alpha value is -1.88. The van der Waals surface area contributed by atoms with E-state index < -0.39 is 58.7 Å². The van der Waals surface area contributed by atoms with Crippen LogP contribution in [0.2, 0.25) is 5.02 Å². The second kappa shape index (κ2) is 8.42. The molecule has 1 aromatic carbocycles. The maximum atomic E-state index is 13.7. The van der Waals surface area contributed by atoms with Gasteiger partial charge < -0.3 is 15.4 Å². The highest BCUT2D eigenvalue weighted by molar-refractivity contribution is 6.30. The molecule has 5 nitrogen and oxygen atoms in total. The maximum absolute atomic E-state index is 13.7. The number of nitrogens with one attached hydrogen (secondary N) is 2. The molecule has 0 bridgehead atoms. The van der Waals surface area contributed by atoms with E-state index in [2.05, 4.69) is 4.74 Å². The zero-order valence-electron chi connectivity index (χ0n) is 13.4. The van der Waals surface area contributed by atoms with Crippen LogP contribution in [0.3, 0.4) is 0 Å². The number of rotatable bonds is 6. The van der Waals surface area contributed by atoms with Crippen molar-refractivity contribution < 1.29 is 40.7 Å². The van der Waals surface area contributed by atoms with Crippen LogP contribution in [0.4, 0.5) is 32.0 Å². The molecular formula is C14H12Cl2F6N2O3. The Balaban J connectivity index is 3.62. The van der Waals surface area contributed by atoms with Crippen LogP contribution in [-0.4, -0.2) is 36.2 Å². The van der Waals surface area contributed by atoms with Crippen LogP contribution in [0.15, 0.2) is 18.2 Å². The molecule has 1 amide bonds. The highest BCUT2D eigenvalue weighted by atomic mass is 35.5. The molecule has 152 valence electrons. The van der Waals surface area contributed by atoms with E-state index in [9.17, 15) is 35.9 Å². The van der Waals surface area contributed by atoms with Crippen molar-refractivity contribution in [2.24, 2.45) is 0 Å². The lowest BCUT2D eigenvalue weighted by atomic mass is 10.1. The van der Waals surface area contributed by atoms with Crippen molar-refractivity contribution in [2.75, 3.05) is 17.8 Å². The molecule has 27 heavy (non-hydrogen) atoms. The van der Waals surface area contributed by atoms with E-state index >= 15 is 0 Å². The summed E-state index contributed by atoms with van der Waals surface area (Å²) in [6, 6.07) is 1.81. The van der Waals surface area contributed by atoms with Crippen LogP contribution in [0.1, 0.15) is 12.5 Å². The molecule has 13 heteroatoms. The minimum absolute atomic E-state index is 0.361. The van der Waals surface area contributed by atoms with E-state index in [1.807, 2.05) is 0 Å². The fourth-order valence-electron chi connectivity index (χ4n) is 1.93. The fourth-order valence-corrected chi connectivity index (χ4v) is 2.17. The Bertz CT molecular complexity index is 711. The minimum atomic E-state index is -5.59. The van der Waals surface area contributed by atoms with E-state index in [1.165, 1.54) is 17.6 Å². The first-order chi connectivity index (χ1) is 12.3. The summed E-state index contributed by atoms with van der Waals surface area (Å²) in [5.74, 6) is -4.54. The van der Waals surface area contributed by atoms with Gasteiger partial charge in [0, 0.05) is 10.7 Å². The van der Waals surface area contributed by atoms with E-state index in [1.54, 1.807) is 0 Å². The number of hydrogen-bond donors (Lipinski definition) is 2. The van der Waals surface area contributed by atoms with Gasteiger partial charge in [-0.15, -0.1) is 11.6 Å². The van der Waals surface area contributed by atoms with Crippen molar-refractivity contribution in [1.82, 2.24) is 5.32 Å². The van der Waals surface area contributed by atoms with E-state index in [0.29, 0.717) is 12.1 Å². The highest BCUT2D eigenvalue weighted by Gasteiger charge is 2.64. The van der Waals surface area contributed by atoms with Gasteiger partial charge in [-0.1, -0.05) is 11.6 Å². The number of carbonyl (C=O) groups is 2. The predicted molar refractivity (Wildman–Crippen MR) is 84.4 cm³/mol. The molecule has 1 rings (SSSR count). The Labute approximate surface area is 158 Å². The summed E-state index contributed by atoms with van der Waals surface area (Å²) in [6.07, 6.45) is -10.7. The first kappa shape index (κ1) is 23.2. The number of anilines is 1. The number of ether oxygens (including phenoxy) is 1. The Morgan fingerprint density at radius 2 is 1.74 bits per heavy atom. The summed E-state index contributed by atoms with van der Waals surface area (Å²) >= 11 is 10.6. The van der Waals surface area contributed by atoms with Crippen molar-refractivity contribution in [3.8, 4) is 0 Å². The largest absolute Gasteiger partial charge is 0.463 e. The molecule has 1 aromatic rings. The van der Waals surface area contributed by atoms with Crippen molar-refractivity contribution in [3.63, 3.8) is 0 Å². The lowest BCUT2D eigenvalue weighted by Gasteiger charge is -2.35. The smallest absolute Gasteiger partial charge is 0.441 e. The average molecular weight is 441 g/mol. The Morgan fingerprint density at radius 3 is 2.19 bits per heavy atom. The van der Waals surface area contributed by atoms with Gasteiger partial charge >= 0.3 is 24.0 Å². The highest BCUT2D eigenvalue weighted by Crippen LogP contribution is 2.40. The summed E-state index contributed by atoms with van der Waals surface area (Å²) in [4.78, 5) is 23.5. The van der Waals surface area contributed by atoms with Gasteiger partial charge in [-0.2, -0.15) is 26.3 Å². The zero-order chi connectivity index (χ0) is 21.0.